The molecular weight excluding hydrogens is 320 g/mol. The summed E-state index contributed by atoms with van der Waals surface area (Å²) < 4.78 is 4.90. The second-order valence-electron chi connectivity index (χ2n) is 6.10. The van der Waals surface area contributed by atoms with Gasteiger partial charge in [0.1, 0.15) is 0 Å². The number of carbonyl (C=O) groups excluding carboxylic acids is 2. The first-order chi connectivity index (χ1) is 12.2. The van der Waals surface area contributed by atoms with Crippen LogP contribution in [0.1, 0.15) is 23.2 Å². The number of hydrogen-bond acceptors (Lipinski definition) is 5. The van der Waals surface area contributed by atoms with E-state index in [9.17, 15) is 9.59 Å². The van der Waals surface area contributed by atoms with Gasteiger partial charge in [-0.25, -0.2) is 0 Å². The molecule has 0 atom stereocenters. The van der Waals surface area contributed by atoms with Crippen molar-refractivity contribution in [3.8, 4) is 0 Å². The van der Waals surface area contributed by atoms with Crippen molar-refractivity contribution in [3.05, 3.63) is 29.8 Å². The molecule has 0 bridgehead atoms. The minimum Gasteiger partial charge on any atom is -0.383 e. The van der Waals surface area contributed by atoms with Crippen LogP contribution in [0.2, 0.25) is 0 Å². The highest BCUT2D eigenvalue weighted by molar-refractivity contribution is 5.96. The summed E-state index contributed by atoms with van der Waals surface area (Å²) in [5.74, 6) is -0.211. The molecule has 0 radical (unpaired) electrons. The first kappa shape index (κ1) is 19.4. The van der Waals surface area contributed by atoms with Crippen molar-refractivity contribution in [1.82, 2.24) is 15.5 Å². The highest BCUT2D eigenvalue weighted by atomic mass is 16.5. The SMILES string of the molecule is COCCNCC(=O)Nc1ccc(C(=O)NCCN2CCCC2)cc1. The minimum absolute atomic E-state index is 0.0849. The summed E-state index contributed by atoms with van der Waals surface area (Å²) in [5, 5.41) is 8.70. The highest BCUT2D eigenvalue weighted by Gasteiger charge is 2.11. The first-order valence-corrected chi connectivity index (χ1v) is 8.79. The van der Waals surface area contributed by atoms with Gasteiger partial charge in [0.25, 0.3) is 5.91 Å². The summed E-state index contributed by atoms with van der Waals surface area (Å²) in [6, 6.07) is 6.92. The smallest absolute Gasteiger partial charge is 0.251 e. The molecule has 1 aliphatic heterocycles. The van der Waals surface area contributed by atoms with Crippen LogP contribution in [-0.2, 0) is 9.53 Å². The van der Waals surface area contributed by atoms with Crippen LogP contribution in [0.5, 0.6) is 0 Å². The van der Waals surface area contributed by atoms with Crippen LogP contribution >= 0.6 is 0 Å². The molecule has 0 unspecified atom stereocenters. The van der Waals surface area contributed by atoms with Gasteiger partial charge in [0.05, 0.1) is 13.2 Å². The predicted molar refractivity (Wildman–Crippen MR) is 97.8 cm³/mol. The topological polar surface area (TPSA) is 82.7 Å². The lowest BCUT2D eigenvalue weighted by Gasteiger charge is -2.14. The van der Waals surface area contributed by atoms with E-state index >= 15 is 0 Å². The summed E-state index contributed by atoms with van der Waals surface area (Å²) in [5.41, 5.74) is 1.27. The zero-order chi connectivity index (χ0) is 17.9. The average molecular weight is 348 g/mol. The lowest BCUT2D eigenvalue weighted by Crippen LogP contribution is -2.33. The first-order valence-electron chi connectivity index (χ1n) is 8.79. The Balaban J connectivity index is 1.69. The largest absolute Gasteiger partial charge is 0.383 e. The summed E-state index contributed by atoms with van der Waals surface area (Å²) in [7, 11) is 1.62. The summed E-state index contributed by atoms with van der Waals surface area (Å²) >= 11 is 0. The van der Waals surface area contributed by atoms with E-state index < -0.39 is 0 Å². The van der Waals surface area contributed by atoms with Crippen molar-refractivity contribution < 1.29 is 14.3 Å². The Kier molecular flexibility index (Phi) is 8.38. The van der Waals surface area contributed by atoms with Gasteiger partial charge in [-0.1, -0.05) is 0 Å². The number of likely N-dealkylation sites (tertiary alicyclic amines) is 1. The quantitative estimate of drug-likeness (QED) is 0.542. The van der Waals surface area contributed by atoms with Crippen molar-refractivity contribution in [3.63, 3.8) is 0 Å². The molecule has 1 fully saturated rings. The number of rotatable bonds is 10. The van der Waals surface area contributed by atoms with Gasteiger partial charge < -0.3 is 25.6 Å². The Labute approximate surface area is 149 Å². The minimum atomic E-state index is -0.126. The number of amides is 2. The molecule has 0 aliphatic carbocycles. The molecule has 0 aromatic heterocycles. The molecule has 0 saturated carbocycles. The van der Waals surface area contributed by atoms with Gasteiger partial charge in [0, 0.05) is 38.0 Å². The second-order valence-corrected chi connectivity index (χ2v) is 6.10. The maximum atomic E-state index is 12.1. The maximum absolute atomic E-state index is 12.1. The Morgan fingerprint density at radius 2 is 1.84 bits per heavy atom. The van der Waals surface area contributed by atoms with Gasteiger partial charge in [-0.2, -0.15) is 0 Å². The maximum Gasteiger partial charge on any atom is 0.251 e. The molecule has 138 valence electrons. The second kappa shape index (κ2) is 10.8. The van der Waals surface area contributed by atoms with E-state index in [1.165, 1.54) is 12.8 Å². The molecule has 7 heteroatoms. The van der Waals surface area contributed by atoms with E-state index in [2.05, 4.69) is 20.9 Å². The third-order valence-electron chi connectivity index (χ3n) is 4.11. The Morgan fingerprint density at radius 3 is 2.52 bits per heavy atom. The number of benzene rings is 1. The Bertz CT molecular complexity index is 542. The fourth-order valence-corrected chi connectivity index (χ4v) is 2.72. The van der Waals surface area contributed by atoms with Crippen molar-refractivity contribution in [1.29, 1.82) is 0 Å². The molecule has 1 aliphatic rings. The van der Waals surface area contributed by atoms with Crippen LogP contribution in [0.15, 0.2) is 24.3 Å². The third-order valence-corrected chi connectivity index (χ3v) is 4.11. The number of ether oxygens (including phenoxy) is 1. The highest BCUT2D eigenvalue weighted by Crippen LogP contribution is 2.09. The summed E-state index contributed by atoms with van der Waals surface area (Å²) in [6.45, 7) is 5.23. The van der Waals surface area contributed by atoms with E-state index in [-0.39, 0.29) is 18.4 Å². The number of carbonyl (C=O) groups is 2. The van der Waals surface area contributed by atoms with Crippen molar-refractivity contribution >= 4 is 17.5 Å². The van der Waals surface area contributed by atoms with Crippen molar-refractivity contribution in [2.75, 3.05) is 58.3 Å². The van der Waals surface area contributed by atoms with E-state index in [1.807, 2.05) is 0 Å². The van der Waals surface area contributed by atoms with Gasteiger partial charge in [0.15, 0.2) is 0 Å². The van der Waals surface area contributed by atoms with Crippen molar-refractivity contribution in [2.45, 2.75) is 12.8 Å². The van der Waals surface area contributed by atoms with Gasteiger partial charge in [-0.15, -0.1) is 0 Å². The fraction of sp³-hybridized carbons (Fsp3) is 0.556. The van der Waals surface area contributed by atoms with E-state index in [0.717, 1.165) is 19.6 Å². The Morgan fingerprint density at radius 1 is 1.12 bits per heavy atom. The molecule has 3 N–H and O–H groups in total. The van der Waals surface area contributed by atoms with Gasteiger partial charge in [0.2, 0.25) is 5.91 Å². The molecule has 2 amide bonds. The average Bonchev–Trinajstić information content (AvgIpc) is 3.13. The standard InChI is InChI=1S/C18H28N4O3/c1-25-13-9-19-14-17(23)21-16-6-4-15(5-7-16)18(24)20-8-12-22-10-2-3-11-22/h4-7,19H,2-3,8-14H2,1H3,(H,20,24)(H,21,23). The van der Waals surface area contributed by atoms with Gasteiger partial charge >= 0.3 is 0 Å². The molecule has 1 aromatic rings. The van der Waals surface area contributed by atoms with Crippen molar-refractivity contribution in [2.24, 2.45) is 0 Å². The molecule has 1 saturated heterocycles. The van der Waals surface area contributed by atoms with E-state index in [1.54, 1.807) is 31.4 Å². The van der Waals surface area contributed by atoms with E-state index in [0.29, 0.717) is 30.9 Å². The number of hydrogen-bond donors (Lipinski definition) is 3. The van der Waals surface area contributed by atoms with Crippen LogP contribution in [0.25, 0.3) is 0 Å². The molecular formula is C18H28N4O3. The number of anilines is 1. The molecule has 7 nitrogen and oxygen atoms in total. The molecule has 25 heavy (non-hydrogen) atoms. The summed E-state index contributed by atoms with van der Waals surface area (Å²) in [6.07, 6.45) is 2.51. The molecule has 1 heterocycles. The normalized spacial score (nSPS) is 14.4. The lowest BCUT2D eigenvalue weighted by atomic mass is 10.2. The lowest BCUT2D eigenvalue weighted by molar-refractivity contribution is -0.115. The van der Waals surface area contributed by atoms with Crippen LogP contribution in [0.3, 0.4) is 0 Å². The fourth-order valence-electron chi connectivity index (χ4n) is 2.72. The summed E-state index contributed by atoms with van der Waals surface area (Å²) in [4.78, 5) is 26.2. The van der Waals surface area contributed by atoms with Crippen LogP contribution in [-0.4, -0.2) is 69.7 Å². The number of nitrogens with one attached hydrogen (secondary N) is 3. The number of methoxy groups -OCH3 is 1. The monoisotopic (exact) mass is 348 g/mol. The molecule has 0 spiro atoms. The molecule has 2 rings (SSSR count). The zero-order valence-electron chi connectivity index (χ0n) is 14.8. The van der Waals surface area contributed by atoms with E-state index in [4.69, 9.17) is 4.74 Å². The third kappa shape index (κ3) is 7.21. The van der Waals surface area contributed by atoms with Gasteiger partial charge in [-0.05, 0) is 50.2 Å². The van der Waals surface area contributed by atoms with Crippen LogP contribution < -0.4 is 16.0 Å². The zero-order valence-corrected chi connectivity index (χ0v) is 14.8. The molecule has 1 aromatic carbocycles. The van der Waals surface area contributed by atoms with Crippen LogP contribution in [0.4, 0.5) is 5.69 Å². The van der Waals surface area contributed by atoms with Crippen LogP contribution in [0, 0.1) is 0 Å². The Hall–Kier alpha value is -1.96. The number of nitrogens with zero attached hydrogens (tertiary/aromatic N) is 1. The predicted octanol–water partition coefficient (Wildman–Crippen LogP) is 0.687. The van der Waals surface area contributed by atoms with Gasteiger partial charge in [-0.3, -0.25) is 9.59 Å².